The SMILES string of the molecule is CCC(O)CN1CCC(NS(C)(=O)=O)C1. The van der Waals surface area contributed by atoms with E-state index in [0.29, 0.717) is 13.1 Å². The summed E-state index contributed by atoms with van der Waals surface area (Å²) in [6, 6.07) is 0.00376. The third-order valence-corrected chi connectivity index (χ3v) is 3.35. The van der Waals surface area contributed by atoms with Crippen LogP contribution in [0.5, 0.6) is 0 Å². The monoisotopic (exact) mass is 236 g/mol. The van der Waals surface area contributed by atoms with Crippen molar-refractivity contribution in [1.29, 1.82) is 0 Å². The number of sulfonamides is 1. The van der Waals surface area contributed by atoms with E-state index in [-0.39, 0.29) is 12.1 Å². The lowest BCUT2D eigenvalue weighted by Crippen LogP contribution is -2.38. The van der Waals surface area contributed by atoms with E-state index >= 15 is 0 Å². The van der Waals surface area contributed by atoms with E-state index in [1.54, 1.807) is 0 Å². The number of aliphatic hydroxyl groups excluding tert-OH is 1. The molecule has 0 aromatic rings. The molecule has 0 aliphatic carbocycles. The van der Waals surface area contributed by atoms with Crippen molar-refractivity contribution < 1.29 is 13.5 Å². The van der Waals surface area contributed by atoms with Gasteiger partial charge >= 0.3 is 0 Å². The van der Waals surface area contributed by atoms with Crippen LogP contribution in [0.3, 0.4) is 0 Å². The van der Waals surface area contributed by atoms with Crippen LogP contribution in [-0.4, -0.2) is 56.5 Å². The average Bonchev–Trinajstić information content (AvgIpc) is 2.49. The largest absolute Gasteiger partial charge is 0.392 e. The molecule has 0 aromatic carbocycles. The van der Waals surface area contributed by atoms with Crippen LogP contribution in [-0.2, 0) is 10.0 Å². The summed E-state index contributed by atoms with van der Waals surface area (Å²) in [5, 5.41) is 9.46. The van der Waals surface area contributed by atoms with E-state index in [2.05, 4.69) is 9.62 Å². The van der Waals surface area contributed by atoms with Gasteiger partial charge in [-0.25, -0.2) is 13.1 Å². The molecule has 1 saturated heterocycles. The van der Waals surface area contributed by atoms with Gasteiger partial charge in [0.05, 0.1) is 12.4 Å². The summed E-state index contributed by atoms with van der Waals surface area (Å²) in [5.41, 5.74) is 0. The number of nitrogens with zero attached hydrogens (tertiary/aromatic N) is 1. The lowest BCUT2D eigenvalue weighted by atomic mass is 10.2. The fourth-order valence-corrected chi connectivity index (χ4v) is 2.62. The van der Waals surface area contributed by atoms with Crippen molar-refractivity contribution in [3.63, 3.8) is 0 Å². The summed E-state index contributed by atoms with van der Waals surface area (Å²) < 4.78 is 24.6. The third kappa shape index (κ3) is 4.92. The molecule has 0 saturated carbocycles. The molecule has 1 aliphatic heterocycles. The fraction of sp³-hybridized carbons (Fsp3) is 1.00. The maximum absolute atomic E-state index is 11.0. The Labute approximate surface area is 91.5 Å². The highest BCUT2D eigenvalue weighted by Crippen LogP contribution is 2.10. The summed E-state index contributed by atoms with van der Waals surface area (Å²) in [6.07, 6.45) is 2.43. The smallest absolute Gasteiger partial charge is 0.208 e. The van der Waals surface area contributed by atoms with E-state index in [1.807, 2.05) is 6.92 Å². The van der Waals surface area contributed by atoms with E-state index in [4.69, 9.17) is 0 Å². The highest BCUT2D eigenvalue weighted by molar-refractivity contribution is 7.88. The number of nitrogens with one attached hydrogen (secondary N) is 1. The van der Waals surface area contributed by atoms with Crippen LogP contribution in [0.2, 0.25) is 0 Å². The van der Waals surface area contributed by atoms with Gasteiger partial charge in [-0.2, -0.15) is 0 Å². The Morgan fingerprint density at radius 3 is 2.80 bits per heavy atom. The summed E-state index contributed by atoms with van der Waals surface area (Å²) >= 11 is 0. The number of likely N-dealkylation sites (tertiary alicyclic amines) is 1. The molecule has 1 aliphatic rings. The maximum atomic E-state index is 11.0. The summed E-state index contributed by atoms with van der Waals surface area (Å²) in [7, 11) is -3.10. The second-order valence-corrected chi connectivity index (χ2v) is 5.98. The van der Waals surface area contributed by atoms with E-state index in [9.17, 15) is 13.5 Å². The maximum Gasteiger partial charge on any atom is 0.208 e. The number of β-amino-alcohol motifs (C(OH)–C–C–N with tert-alkyl or cyclic N) is 1. The molecule has 2 N–H and O–H groups in total. The van der Waals surface area contributed by atoms with Gasteiger partial charge in [0.2, 0.25) is 10.0 Å². The van der Waals surface area contributed by atoms with Gasteiger partial charge in [0, 0.05) is 19.1 Å². The third-order valence-electron chi connectivity index (χ3n) is 2.59. The number of hydrogen-bond acceptors (Lipinski definition) is 4. The molecule has 1 rings (SSSR count). The lowest BCUT2D eigenvalue weighted by molar-refractivity contribution is 0.121. The van der Waals surface area contributed by atoms with Gasteiger partial charge in [-0.15, -0.1) is 0 Å². The minimum absolute atomic E-state index is 0.00376. The van der Waals surface area contributed by atoms with Crippen molar-refractivity contribution in [2.45, 2.75) is 31.9 Å². The summed E-state index contributed by atoms with van der Waals surface area (Å²) in [4.78, 5) is 2.09. The van der Waals surface area contributed by atoms with Crippen LogP contribution in [0.1, 0.15) is 19.8 Å². The van der Waals surface area contributed by atoms with Crippen molar-refractivity contribution in [2.75, 3.05) is 25.9 Å². The van der Waals surface area contributed by atoms with Gasteiger partial charge in [0.1, 0.15) is 0 Å². The van der Waals surface area contributed by atoms with Crippen molar-refractivity contribution in [3.8, 4) is 0 Å². The van der Waals surface area contributed by atoms with Crippen LogP contribution >= 0.6 is 0 Å². The molecule has 90 valence electrons. The molecule has 0 amide bonds. The van der Waals surface area contributed by atoms with Crippen LogP contribution < -0.4 is 4.72 Å². The van der Waals surface area contributed by atoms with Gasteiger partial charge in [0.25, 0.3) is 0 Å². The zero-order valence-electron chi connectivity index (χ0n) is 9.31. The van der Waals surface area contributed by atoms with E-state index < -0.39 is 10.0 Å². The Balaban J connectivity index is 2.33. The summed E-state index contributed by atoms with van der Waals surface area (Å²) in [5.74, 6) is 0. The minimum Gasteiger partial charge on any atom is -0.392 e. The standard InChI is InChI=1S/C9H20N2O3S/c1-3-9(12)7-11-5-4-8(6-11)10-15(2,13)14/h8-10,12H,3-7H2,1-2H3. The Bertz CT molecular complexity index is 292. The first-order valence-electron chi connectivity index (χ1n) is 5.28. The first kappa shape index (κ1) is 12.9. The van der Waals surface area contributed by atoms with Crippen molar-refractivity contribution in [3.05, 3.63) is 0 Å². The molecule has 0 bridgehead atoms. The Kier molecular flexibility index (Phi) is 4.51. The minimum atomic E-state index is -3.10. The van der Waals surface area contributed by atoms with Gasteiger partial charge in [-0.05, 0) is 19.4 Å². The first-order chi connectivity index (χ1) is 6.90. The molecule has 6 heteroatoms. The summed E-state index contributed by atoms with van der Waals surface area (Å²) in [6.45, 7) is 4.12. The first-order valence-corrected chi connectivity index (χ1v) is 7.17. The molecule has 0 radical (unpaired) electrons. The molecular weight excluding hydrogens is 216 g/mol. The molecule has 1 fully saturated rings. The molecule has 1 heterocycles. The Morgan fingerprint density at radius 1 is 1.60 bits per heavy atom. The predicted molar refractivity (Wildman–Crippen MR) is 59.1 cm³/mol. The van der Waals surface area contributed by atoms with E-state index in [0.717, 1.165) is 19.4 Å². The van der Waals surface area contributed by atoms with Crippen molar-refractivity contribution in [1.82, 2.24) is 9.62 Å². The lowest BCUT2D eigenvalue weighted by Gasteiger charge is -2.19. The zero-order valence-corrected chi connectivity index (χ0v) is 10.1. The average molecular weight is 236 g/mol. The highest BCUT2D eigenvalue weighted by Gasteiger charge is 2.25. The second kappa shape index (κ2) is 5.25. The Morgan fingerprint density at radius 2 is 2.27 bits per heavy atom. The van der Waals surface area contributed by atoms with Crippen LogP contribution in [0.25, 0.3) is 0 Å². The fourth-order valence-electron chi connectivity index (χ4n) is 1.82. The van der Waals surface area contributed by atoms with Gasteiger partial charge < -0.3 is 5.11 Å². The number of rotatable bonds is 5. The predicted octanol–water partition coefficient (Wildman–Crippen LogP) is -0.619. The van der Waals surface area contributed by atoms with Crippen molar-refractivity contribution >= 4 is 10.0 Å². The highest BCUT2D eigenvalue weighted by atomic mass is 32.2. The molecule has 2 atom stereocenters. The molecule has 5 nitrogen and oxygen atoms in total. The van der Waals surface area contributed by atoms with Gasteiger partial charge in [-0.3, -0.25) is 4.90 Å². The zero-order chi connectivity index (χ0) is 11.5. The van der Waals surface area contributed by atoms with Gasteiger partial charge in [-0.1, -0.05) is 6.92 Å². The second-order valence-electron chi connectivity index (χ2n) is 4.20. The normalized spacial score (nSPS) is 25.7. The Hall–Kier alpha value is -0.170. The molecule has 2 unspecified atom stereocenters. The van der Waals surface area contributed by atoms with E-state index in [1.165, 1.54) is 6.26 Å². The topological polar surface area (TPSA) is 69.6 Å². The molecule has 0 aromatic heterocycles. The number of hydrogen-bond donors (Lipinski definition) is 2. The van der Waals surface area contributed by atoms with Gasteiger partial charge in [0.15, 0.2) is 0 Å². The van der Waals surface area contributed by atoms with Crippen LogP contribution in [0.4, 0.5) is 0 Å². The van der Waals surface area contributed by atoms with Crippen LogP contribution in [0, 0.1) is 0 Å². The number of aliphatic hydroxyl groups is 1. The molecule has 15 heavy (non-hydrogen) atoms. The molecule has 0 spiro atoms. The quantitative estimate of drug-likeness (QED) is 0.667. The van der Waals surface area contributed by atoms with Crippen molar-refractivity contribution in [2.24, 2.45) is 0 Å². The van der Waals surface area contributed by atoms with Crippen LogP contribution in [0.15, 0.2) is 0 Å². The molecular formula is C9H20N2O3S.